The van der Waals surface area contributed by atoms with E-state index < -0.39 is 10.1 Å². The maximum Gasteiger partial charge on any atom is 1.00 e. The van der Waals surface area contributed by atoms with E-state index in [1.54, 1.807) is 36.4 Å². The zero-order chi connectivity index (χ0) is 20.1. The molecule has 3 rings (SSSR count). The Morgan fingerprint density at radius 2 is 1.21 bits per heavy atom. The quantitative estimate of drug-likeness (QED) is 0.375. The molecule has 0 bridgehead atoms. The van der Waals surface area contributed by atoms with Crippen molar-refractivity contribution < 1.29 is 69.5 Å². The molecule has 0 amide bonds. The van der Waals surface area contributed by atoms with Crippen LogP contribution >= 0.6 is 0 Å². The van der Waals surface area contributed by atoms with Crippen molar-refractivity contribution in [1.82, 2.24) is 0 Å². The summed E-state index contributed by atoms with van der Waals surface area (Å²) in [5.41, 5.74) is 2.74. The molecule has 29 heavy (non-hydrogen) atoms. The number of nitrogens with zero attached hydrogens (tertiary/aromatic N) is 4. The first-order chi connectivity index (χ1) is 13.3. The minimum absolute atomic E-state index is 0. The predicted octanol–water partition coefficient (Wildman–Crippen LogP) is 2.15. The minimum atomic E-state index is -4.23. The van der Waals surface area contributed by atoms with Crippen LogP contribution in [0, 0.1) is 6.92 Å². The van der Waals surface area contributed by atoms with Crippen molar-refractivity contribution in [2.24, 2.45) is 20.5 Å². The van der Waals surface area contributed by atoms with E-state index in [1.807, 2.05) is 6.92 Å². The van der Waals surface area contributed by atoms with Crippen molar-refractivity contribution in [3.8, 4) is 5.75 Å². The second kappa shape index (κ2) is 10.3. The summed E-state index contributed by atoms with van der Waals surface area (Å²) >= 11 is 0. The van der Waals surface area contributed by atoms with Gasteiger partial charge in [0.1, 0.15) is 0 Å². The van der Waals surface area contributed by atoms with Crippen LogP contribution in [0.15, 0.2) is 92.1 Å². The number of benzene rings is 3. The van der Waals surface area contributed by atoms with Crippen LogP contribution in [0.1, 0.15) is 5.56 Å². The summed E-state index contributed by atoms with van der Waals surface area (Å²) in [6.07, 6.45) is 0. The topological polar surface area (TPSA) is 127 Å². The van der Waals surface area contributed by atoms with Gasteiger partial charge in [0.2, 0.25) is 0 Å². The number of hydrogen-bond acceptors (Lipinski definition) is 7. The fraction of sp³-hybridized carbons (Fsp3) is 0.0526. The van der Waals surface area contributed by atoms with Gasteiger partial charge in [0.15, 0.2) is 0 Å². The zero-order valence-electron chi connectivity index (χ0n) is 15.7. The third-order valence-electron chi connectivity index (χ3n) is 3.65. The Bertz CT molecular complexity index is 1150. The Morgan fingerprint density at radius 1 is 0.759 bits per heavy atom. The molecule has 0 atom stereocenters. The predicted molar refractivity (Wildman–Crippen MR) is 102 cm³/mol. The van der Waals surface area contributed by atoms with Crippen LogP contribution in [0.2, 0.25) is 0 Å². The standard InChI is InChI=1S/C19H16N4O4S.K/c1-13-2-11-19(24)18(12-13)23-22-15-5-3-14(4-6-15)20-21-16-7-9-17(10-8-16)28(25,26)27;/h2-12,24H,1H3,(H,25,26,27);/q;+1/p-1. The normalized spacial score (nSPS) is 11.7. The van der Waals surface area contributed by atoms with Gasteiger partial charge >= 0.3 is 51.4 Å². The van der Waals surface area contributed by atoms with Crippen LogP contribution in [0.3, 0.4) is 0 Å². The third kappa shape index (κ3) is 6.89. The number of hydrogen-bond donors (Lipinski definition) is 1. The van der Waals surface area contributed by atoms with Crippen LogP contribution in [0.25, 0.3) is 0 Å². The van der Waals surface area contributed by atoms with Crippen molar-refractivity contribution >= 4 is 32.9 Å². The van der Waals surface area contributed by atoms with E-state index in [-0.39, 0.29) is 67.7 Å². The molecule has 3 aromatic rings. The summed E-state index contributed by atoms with van der Waals surface area (Å²) in [5.74, 6) is -0.195. The van der Waals surface area contributed by atoms with Gasteiger partial charge in [-0.2, -0.15) is 28.9 Å². The van der Waals surface area contributed by atoms with Gasteiger partial charge in [0.05, 0.1) is 27.6 Å². The molecule has 3 aromatic carbocycles. The molecule has 0 spiro atoms. The van der Waals surface area contributed by atoms with E-state index in [0.29, 0.717) is 17.1 Å². The second-order valence-corrected chi connectivity index (χ2v) is 7.28. The largest absolute Gasteiger partial charge is 1.00 e. The van der Waals surface area contributed by atoms with Gasteiger partial charge in [0, 0.05) is 0 Å². The summed E-state index contributed by atoms with van der Waals surface area (Å²) in [7, 11) is -4.23. The molecule has 0 aliphatic rings. The van der Waals surface area contributed by atoms with Crippen molar-refractivity contribution in [2.75, 3.05) is 0 Å². The fourth-order valence-corrected chi connectivity index (χ4v) is 2.68. The van der Waals surface area contributed by atoms with Crippen molar-refractivity contribution in [3.63, 3.8) is 0 Å². The molecule has 0 fully saturated rings. The van der Waals surface area contributed by atoms with Crippen LogP contribution in [0.4, 0.5) is 22.7 Å². The number of rotatable bonds is 5. The Labute approximate surface area is 210 Å². The fourth-order valence-electron chi connectivity index (χ4n) is 2.20. The molecule has 1 N–H and O–H groups in total. The number of aryl methyl sites for hydroxylation is 1. The molecule has 0 aliphatic heterocycles. The SMILES string of the molecule is Cc1ccc([O-])c(N=Nc2ccc(N=Nc3ccc(S(=O)(=O)O)cc3)cc2)c1.[K+]. The third-order valence-corrected chi connectivity index (χ3v) is 4.52. The van der Waals surface area contributed by atoms with Crippen LogP contribution in [-0.4, -0.2) is 13.0 Å². The molecular weight excluding hydrogens is 419 g/mol. The van der Waals surface area contributed by atoms with Crippen molar-refractivity contribution in [1.29, 1.82) is 0 Å². The monoisotopic (exact) mass is 434 g/mol. The summed E-state index contributed by atoms with van der Waals surface area (Å²) in [6, 6.07) is 16.9. The summed E-state index contributed by atoms with van der Waals surface area (Å²) in [4.78, 5) is -0.212. The first kappa shape index (κ1) is 23.5. The summed E-state index contributed by atoms with van der Waals surface area (Å²) in [6.45, 7) is 1.87. The second-order valence-electron chi connectivity index (χ2n) is 5.86. The van der Waals surface area contributed by atoms with E-state index >= 15 is 0 Å². The Balaban J connectivity index is 0.00000300. The molecule has 0 heterocycles. The Morgan fingerprint density at radius 3 is 1.69 bits per heavy atom. The maximum absolute atomic E-state index is 11.7. The first-order valence-electron chi connectivity index (χ1n) is 8.10. The van der Waals surface area contributed by atoms with Gasteiger partial charge < -0.3 is 5.11 Å². The smallest absolute Gasteiger partial charge is 0.871 e. The van der Waals surface area contributed by atoms with Crippen LogP contribution in [-0.2, 0) is 10.1 Å². The Kier molecular flexibility index (Phi) is 8.34. The van der Waals surface area contributed by atoms with Gasteiger partial charge in [-0.1, -0.05) is 17.9 Å². The van der Waals surface area contributed by atoms with Gasteiger partial charge in [-0.05, 0) is 67.1 Å². The maximum atomic E-state index is 11.7. The van der Waals surface area contributed by atoms with Gasteiger partial charge in [0.25, 0.3) is 10.1 Å². The first-order valence-corrected chi connectivity index (χ1v) is 9.54. The average molecular weight is 435 g/mol. The van der Waals surface area contributed by atoms with Gasteiger partial charge in [-0.15, -0.1) is 0 Å². The van der Waals surface area contributed by atoms with Gasteiger partial charge in [-0.25, -0.2) is 0 Å². The average Bonchev–Trinajstić information content (AvgIpc) is 2.67. The van der Waals surface area contributed by atoms with Crippen LogP contribution in [0.5, 0.6) is 5.75 Å². The summed E-state index contributed by atoms with van der Waals surface area (Å²) in [5, 5.41) is 27.8. The Hall–Kier alpha value is -1.79. The molecule has 10 heteroatoms. The number of azo groups is 2. The molecule has 0 aliphatic carbocycles. The molecule has 142 valence electrons. The van der Waals surface area contributed by atoms with Crippen molar-refractivity contribution in [3.05, 3.63) is 72.3 Å². The molecule has 0 saturated heterocycles. The molecule has 0 saturated carbocycles. The van der Waals surface area contributed by atoms with Crippen molar-refractivity contribution in [2.45, 2.75) is 11.8 Å². The van der Waals surface area contributed by atoms with E-state index in [2.05, 4.69) is 20.5 Å². The molecular formula is C19H15KN4O4S. The molecule has 0 aromatic heterocycles. The van der Waals surface area contributed by atoms with E-state index in [0.717, 1.165) is 5.56 Å². The zero-order valence-corrected chi connectivity index (χ0v) is 19.7. The van der Waals surface area contributed by atoms with E-state index in [1.165, 1.54) is 30.3 Å². The summed E-state index contributed by atoms with van der Waals surface area (Å²) < 4.78 is 30.9. The molecule has 0 unspecified atom stereocenters. The van der Waals surface area contributed by atoms with Gasteiger partial charge in [-0.3, -0.25) is 4.55 Å². The van der Waals surface area contributed by atoms with E-state index in [9.17, 15) is 13.5 Å². The minimum Gasteiger partial charge on any atom is -0.871 e. The van der Waals surface area contributed by atoms with Crippen LogP contribution < -0.4 is 56.5 Å². The molecule has 8 nitrogen and oxygen atoms in total. The molecule has 0 radical (unpaired) electrons. The van der Waals surface area contributed by atoms with E-state index in [4.69, 9.17) is 4.55 Å².